The van der Waals surface area contributed by atoms with Crippen molar-refractivity contribution < 1.29 is 0 Å². The fourth-order valence-corrected chi connectivity index (χ4v) is 2.64. The molecule has 1 aliphatic rings. The molecule has 0 amide bonds. The second-order valence-corrected chi connectivity index (χ2v) is 5.03. The first-order valence-electron chi connectivity index (χ1n) is 6.84. The molecule has 2 aromatic heterocycles. The van der Waals surface area contributed by atoms with Gasteiger partial charge in [-0.1, -0.05) is 6.42 Å². The maximum atomic E-state index is 4.76. The Hall–Kier alpha value is -1.91. The van der Waals surface area contributed by atoms with Crippen LogP contribution in [-0.4, -0.2) is 26.8 Å². The molecule has 0 unspecified atom stereocenters. The van der Waals surface area contributed by atoms with Crippen molar-refractivity contribution in [3.63, 3.8) is 0 Å². The third-order valence-electron chi connectivity index (χ3n) is 3.63. The maximum Gasteiger partial charge on any atom is 0.164 e. The van der Waals surface area contributed by atoms with E-state index in [0.717, 1.165) is 30.0 Å². The predicted octanol–water partition coefficient (Wildman–Crippen LogP) is 2.19. The van der Waals surface area contributed by atoms with Crippen molar-refractivity contribution in [2.75, 3.05) is 12.4 Å². The molecule has 0 fully saturated rings. The maximum absolute atomic E-state index is 4.76. The third-order valence-corrected chi connectivity index (χ3v) is 3.63. The lowest BCUT2D eigenvalue weighted by Gasteiger charge is -2.12. The molecular weight excluding hydrogens is 238 g/mol. The summed E-state index contributed by atoms with van der Waals surface area (Å²) in [4.78, 5) is 9.42. The summed E-state index contributed by atoms with van der Waals surface area (Å²) in [6, 6.07) is 0. The summed E-state index contributed by atoms with van der Waals surface area (Å²) in [5.41, 5.74) is 3.48. The second-order valence-electron chi connectivity index (χ2n) is 5.03. The van der Waals surface area contributed by atoms with Crippen molar-refractivity contribution in [2.45, 2.75) is 32.1 Å². The van der Waals surface area contributed by atoms with Gasteiger partial charge in [0.15, 0.2) is 5.82 Å². The molecule has 0 bridgehead atoms. The minimum absolute atomic E-state index is 0.776. The first kappa shape index (κ1) is 12.1. The van der Waals surface area contributed by atoms with Crippen molar-refractivity contribution in [3.05, 3.63) is 23.7 Å². The molecule has 19 heavy (non-hydrogen) atoms. The number of nitrogens with zero attached hydrogens (tertiary/aromatic N) is 4. The van der Waals surface area contributed by atoms with E-state index in [1.807, 2.05) is 26.5 Å². The highest BCUT2D eigenvalue weighted by atomic mass is 15.2. The van der Waals surface area contributed by atoms with E-state index in [1.54, 1.807) is 4.68 Å². The molecule has 2 heterocycles. The summed E-state index contributed by atoms with van der Waals surface area (Å²) in [6.45, 7) is 0. The topological polar surface area (TPSA) is 55.6 Å². The average molecular weight is 257 g/mol. The zero-order valence-corrected chi connectivity index (χ0v) is 11.5. The summed E-state index contributed by atoms with van der Waals surface area (Å²) in [7, 11) is 3.84. The summed E-state index contributed by atoms with van der Waals surface area (Å²) < 4.78 is 1.78. The Morgan fingerprint density at radius 1 is 1.16 bits per heavy atom. The molecule has 0 saturated carbocycles. The van der Waals surface area contributed by atoms with Crippen LogP contribution in [0.2, 0.25) is 0 Å². The van der Waals surface area contributed by atoms with Crippen LogP contribution < -0.4 is 5.32 Å². The van der Waals surface area contributed by atoms with E-state index in [0.29, 0.717) is 0 Å². The highest BCUT2D eigenvalue weighted by Crippen LogP contribution is 2.27. The van der Waals surface area contributed by atoms with E-state index in [1.165, 1.54) is 30.5 Å². The van der Waals surface area contributed by atoms with Crippen LogP contribution in [0.3, 0.4) is 0 Å². The molecule has 0 aromatic carbocycles. The smallest absolute Gasteiger partial charge is 0.164 e. The van der Waals surface area contributed by atoms with Crippen molar-refractivity contribution in [3.8, 4) is 11.4 Å². The SMILES string of the molecule is CNc1nc(-c2cnn(C)c2)nc2c1CCCCC2. The van der Waals surface area contributed by atoms with Crippen LogP contribution in [0, 0.1) is 0 Å². The average Bonchev–Trinajstić information content (AvgIpc) is 2.72. The van der Waals surface area contributed by atoms with Gasteiger partial charge in [-0.2, -0.15) is 5.10 Å². The molecular formula is C14H19N5. The van der Waals surface area contributed by atoms with E-state index in [9.17, 15) is 0 Å². The van der Waals surface area contributed by atoms with Crippen molar-refractivity contribution in [2.24, 2.45) is 7.05 Å². The number of fused-ring (bicyclic) bond motifs is 1. The molecule has 1 N–H and O–H groups in total. The highest BCUT2D eigenvalue weighted by Gasteiger charge is 2.17. The molecule has 1 aliphatic carbocycles. The largest absolute Gasteiger partial charge is 0.373 e. The molecule has 0 atom stereocenters. The van der Waals surface area contributed by atoms with E-state index in [2.05, 4.69) is 15.4 Å². The van der Waals surface area contributed by atoms with Crippen LogP contribution in [0.4, 0.5) is 5.82 Å². The van der Waals surface area contributed by atoms with Crippen LogP contribution in [-0.2, 0) is 19.9 Å². The lowest BCUT2D eigenvalue weighted by Crippen LogP contribution is -2.06. The van der Waals surface area contributed by atoms with Gasteiger partial charge in [0.1, 0.15) is 5.82 Å². The minimum Gasteiger partial charge on any atom is -0.373 e. The number of hydrogen-bond donors (Lipinski definition) is 1. The van der Waals surface area contributed by atoms with Gasteiger partial charge in [0.2, 0.25) is 0 Å². The van der Waals surface area contributed by atoms with Gasteiger partial charge in [-0.05, 0) is 25.7 Å². The molecule has 100 valence electrons. The Labute approximate surface area is 113 Å². The van der Waals surface area contributed by atoms with Gasteiger partial charge in [-0.25, -0.2) is 9.97 Å². The number of aryl methyl sites for hydroxylation is 2. The number of rotatable bonds is 2. The van der Waals surface area contributed by atoms with Crippen LogP contribution in [0.1, 0.15) is 30.5 Å². The molecule has 0 aliphatic heterocycles. The van der Waals surface area contributed by atoms with Crippen molar-refractivity contribution in [1.82, 2.24) is 19.7 Å². The van der Waals surface area contributed by atoms with Gasteiger partial charge < -0.3 is 5.32 Å². The van der Waals surface area contributed by atoms with E-state index >= 15 is 0 Å². The van der Waals surface area contributed by atoms with Crippen LogP contribution in [0.5, 0.6) is 0 Å². The molecule has 5 heteroatoms. The fraction of sp³-hybridized carbons (Fsp3) is 0.500. The Balaban J connectivity index is 2.09. The quantitative estimate of drug-likeness (QED) is 0.838. The zero-order valence-electron chi connectivity index (χ0n) is 11.5. The predicted molar refractivity (Wildman–Crippen MR) is 75.0 cm³/mol. The summed E-state index contributed by atoms with van der Waals surface area (Å²) >= 11 is 0. The Morgan fingerprint density at radius 2 is 2.00 bits per heavy atom. The summed E-state index contributed by atoms with van der Waals surface area (Å²) in [6.07, 6.45) is 9.65. The van der Waals surface area contributed by atoms with E-state index < -0.39 is 0 Å². The normalized spacial score (nSPS) is 14.8. The van der Waals surface area contributed by atoms with E-state index in [4.69, 9.17) is 4.98 Å². The molecule has 0 saturated heterocycles. The van der Waals surface area contributed by atoms with Gasteiger partial charge >= 0.3 is 0 Å². The van der Waals surface area contributed by atoms with Crippen LogP contribution >= 0.6 is 0 Å². The van der Waals surface area contributed by atoms with Crippen LogP contribution in [0.25, 0.3) is 11.4 Å². The number of anilines is 1. The molecule has 3 rings (SSSR count). The van der Waals surface area contributed by atoms with Crippen LogP contribution in [0.15, 0.2) is 12.4 Å². The van der Waals surface area contributed by atoms with Gasteiger partial charge in [-0.3, -0.25) is 4.68 Å². The monoisotopic (exact) mass is 257 g/mol. The number of aromatic nitrogens is 4. The summed E-state index contributed by atoms with van der Waals surface area (Å²) in [5, 5.41) is 7.42. The Kier molecular flexibility index (Phi) is 3.19. The molecule has 0 spiro atoms. The molecule has 0 radical (unpaired) electrons. The molecule has 5 nitrogen and oxygen atoms in total. The first-order chi connectivity index (χ1) is 9.28. The lowest BCUT2D eigenvalue weighted by molar-refractivity contribution is 0.709. The second kappa shape index (κ2) is 4.99. The van der Waals surface area contributed by atoms with Gasteiger partial charge in [0.25, 0.3) is 0 Å². The standard InChI is InChI=1S/C14H19N5/c1-15-14-11-6-4-3-5-7-12(11)17-13(18-14)10-8-16-19(2)9-10/h8-9H,3-7H2,1-2H3,(H,15,17,18). The van der Waals surface area contributed by atoms with E-state index in [-0.39, 0.29) is 0 Å². The van der Waals surface area contributed by atoms with Gasteiger partial charge in [0.05, 0.1) is 11.8 Å². The zero-order chi connectivity index (χ0) is 13.2. The fourth-order valence-electron chi connectivity index (χ4n) is 2.64. The lowest BCUT2D eigenvalue weighted by atomic mass is 10.1. The minimum atomic E-state index is 0.776. The third kappa shape index (κ3) is 2.32. The number of nitrogens with one attached hydrogen (secondary N) is 1. The molecule has 2 aromatic rings. The Bertz CT molecular complexity index is 588. The Morgan fingerprint density at radius 3 is 2.74 bits per heavy atom. The van der Waals surface area contributed by atoms with Crippen molar-refractivity contribution >= 4 is 5.82 Å². The summed E-state index contributed by atoms with van der Waals surface area (Å²) in [5.74, 6) is 1.75. The van der Waals surface area contributed by atoms with Crippen molar-refractivity contribution in [1.29, 1.82) is 0 Å². The highest BCUT2D eigenvalue weighted by molar-refractivity contribution is 5.58. The van der Waals surface area contributed by atoms with Gasteiger partial charge in [-0.15, -0.1) is 0 Å². The van der Waals surface area contributed by atoms with Gasteiger partial charge in [0, 0.05) is 31.5 Å². The number of hydrogen-bond acceptors (Lipinski definition) is 4. The first-order valence-corrected chi connectivity index (χ1v) is 6.84.